The Bertz CT molecular complexity index is 535. The molecule has 0 aliphatic carbocycles. The van der Waals surface area contributed by atoms with Crippen molar-refractivity contribution in [1.29, 1.82) is 0 Å². The van der Waals surface area contributed by atoms with Crippen LogP contribution in [0.4, 0.5) is 24.5 Å². The fourth-order valence-corrected chi connectivity index (χ4v) is 1.84. The number of benzene rings is 2. The van der Waals surface area contributed by atoms with Gasteiger partial charge < -0.3 is 5.32 Å². The summed E-state index contributed by atoms with van der Waals surface area (Å²) < 4.78 is 38.0. The van der Waals surface area contributed by atoms with Crippen LogP contribution in [0.2, 0.25) is 0 Å². The lowest BCUT2D eigenvalue weighted by Crippen LogP contribution is -2.04. The summed E-state index contributed by atoms with van der Waals surface area (Å²) in [6.07, 6.45) is -4.30. The monoisotopic (exact) mass is 315 g/mol. The average Bonchev–Trinajstić information content (AvgIpc) is 2.32. The van der Waals surface area contributed by atoms with E-state index in [1.54, 1.807) is 0 Å². The maximum absolute atomic E-state index is 12.4. The molecule has 0 saturated heterocycles. The van der Waals surface area contributed by atoms with Gasteiger partial charge in [-0.25, -0.2) is 0 Å². The summed E-state index contributed by atoms with van der Waals surface area (Å²) in [7, 11) is 0. The third kappa shape index (κ3) is 3.04. The smallest absolute Gasteiger partial charge is 0.355 e. The molecule has 1 nitrogen and oxygen atoms in total. The van der Waals surface area contributed by atoms with Crippen LogP contribution in [0.1, 0.15) is 5.56 Å². The van der Waals surface area contributed by atoms with Crippen LogP contribution >= 0.6 is 15.9 Å². The van der Waals surface area contributed by atoms with Gasteiger partial charge in [0, 0.05) is 10.2 Å². The highest BCUT2D eigenvalue weighted by molar-refractivity contribution is 9.10. The highest BCUT2D eigenvalue weighted by Gasteiger charge is 2.29. The molecular weight excluding hydrogens is 307 g/mol. The Kier molecular flexibility index (Phi) is 3.61. The van der Waals surface area contributed by atoms with E-state index >= 15 is 0 Å². The molecule has 1 N–H and O–H groups in total. The normalized spacial score (nSPS) is 11.3. The highest BCUT2D eigenvalue weighted by Crippen LogP contribution is 2.31. The number of alkyl halides is 3. The van der Waals surface area contributed by atoms with Crippen LogP contribution in [0.25, 0.3) is 0 Å². The van der Waals surface area contributed by atoms with E-state index in [4.69, 9.17) is 0 Å². The summed E-state index contributed by atoms with van der Waals surface area (Å²) in [5, 5.41) is 3.04. The largest absolute Gasteiger partial charge is 0.416 e. The number of anilines is 2. The topological polar surface area (TPSA) is 12.0 Å². The van der Waals surface area contributed by atoms with Crippen molar-refractivity contribution in [2.45, 2.75) is 6.18 Å². The van der Waals surface area contributed by atoms with Crippen LogP contribution in [0.3, 0.4) is 0 Å². The van der Waals surface area contributed by atoms with Gasteiger partial charge in [-0.05, 0) is 52.3 Å². The van der Waals surface area contributed by atoms with Crippen molar-refractivity contribution in [3.63, 3.8) is 0 Å². The molecular formula is C13H9BrF3N. The third-order valence-electron chi connectivity index (χ3n) is 2.37. The highest BCUT2D eigenvalue weighted by atomic mass is 79.9. The predicted octanol–water partition coefficient (Wildman–Crippen LogP) is 5.21. The Morgan fingerprint density at radius 3 is 2.06 bits per heavy atom. The molecule has 2 aromatic rings. The molecule has 0 aliphatic heterocycles. The molecule has 0 bridgehead atoms. The molecule has 0 radical (unpaired) electrons. The number of hydrogen-bond donors (Lipinski definition) is 1. The van der Waals surface area contributed by atoms with E-state index in [2.05, 4.69) is 21.2 Å². The summed E-state index contributed by atoms with van der Waals surface area (Å²) in [6, 6.07) is 12.3. The van der Waals surface area contributed by atoms with Crippen molar-refractivity contribution >= 4 is 27.3 Å². The Hall–Kier alpha value is -1.49. The Morgan fingerprint density at radius 2 is 1.50 bits per heavy atom. The molecule has 0 spiro atoms. The maximum Gasteiger partial charge on any atom is 0.416 e. The molecule has 0 heterocycles. The van der Waals surface area contributed by atoms with Gasteiger partial charge in [0.2, 0.25) is 0 Å². The van der Waals surface area contributed by atoms with E-state index < -0.39 is 11.7 Å². The van der Waals surface area contributed by atoms with Crippen LogP contribution in [0, 0.1) is 0 Å². The van der Waals surface area contributed by atoms with Crippen LogP contribution in [0.15, 0.2) is 53.0 Å². The molecule has 5 heteroatoms. The van der Waals surface area contributed by atoms with Crippen LogP contribution in [-0.4, -0.2) is 0 Å². The lowest BCUT2D eigenvalue weighted by Gasteiger charge is -2.10. The molecule has 0 atom stereocenters. The van der Waals surface area contributed by atoms with E-state index in [-0.39, 0.29) is 0 Å². The standard InChI is InChI=1S/C13H9BrF3N/c14-11-3-1-2-4-12(11)18-10-7-5-9(6-8-10)13(15,16)17/h1-8,18H. The van der Waals surface area contributed by atoms with Crippen molar-refractivity contribution in [3.8, 4) is 0 Å². The number of hydrogen-bond acceptors (Lipinski definition) is 1. The van der Waals surface area contributed by atoms with Crippen molar-refractivity contribution < 1.29 is 13.2 Å². The molecule has 0 unspecified atom stereocenters. The zero-order valence-corrected chi connectivity index (χ0v) is 10.7. The second-order valence-electron chi connectivity index (χ2n) is 3.68. The first-order valence-corrected chi connectivity index (χ1v) is 5.95. The number of halogens is 4. The summed E-state index contributed by atoms with van der Waals surface area (Å²) in [5.74, 6) is 0. The van der Waals surface area contributed by atoms with E-state index in [0.29, 0.717) is 5.69 Å². The molecule has 0 fully saturated rings. The minimum Gasteiger partial charge on any atom is -0.355 e. The molecule has 2 rings (SSSR count). The first kappa shape index (κ1) is 13.0. The zero-order valence-electron chi connectivity index (χ0n) is 9.13. The van der Waals surface area contributed by atoms with Gasteiger partial charge in [0.25, 0.3) is 0 Å². The van der Waals surface area contributed by atoms with E-state index in [9.17, 15) is 13.2 Å². The van der Waals surface area contributed by atoms with Crippen LogP contribution in [0.5, 0.6) is 0 Å². The summed E-state index contributed by atoms with van der Waals surface area (Å²) >= 11 is 3.36. The van der Waals surface area contributed by atoms with Gasteiger partial charge >= 0.3 is 6.18 Å². The Balaban J connectivity index is 2.19. The fourth-order valence-electron chi connectivity index (χ4n) is 1.46. The van der Waals surface area contributed by atoms with E-state index in [1.807, 2.05) is 24.3 Å². The van der Waals surface area contributed by atoms with Crippen molar-refractivity contribution in [1.82, 2.24) is 0 Å². The summed E-state index contributed by atoms with van der Waals surface area (Å²) in [4.78, 5) is 0. The van der Waals surface area contributed by atoms with E-state index in [0.717, 1.165) is 22.3 Å². The van der Waals surface area contributed by atoms with Crippen LogP contribution < -0.4 is 5.32 Å². The minimum absolute atomic E-state index is 0.606. The Labute approximate surface area is 111 Å². The molecule has 0 amide bonds. The lowest BCUT2D eigenvalue weighted by atomic mass is 10.2. The molecule has 18 heavy (non-hydrogen) atoms. The predicted molar refractivity (Wildman–Crippen MR) is 68.9 cm³/mol. The number of nitrogens with one attached hydrogen (secondary N) is 1. The van der Waals surface area contributed by atoms with Gasteiger partial charge in [0.05, 0.1) is 11.3 Å². The average molecular weight is 316 g/mol. The minimum atomic E-state index is -4.30. The maximum atomic E-state index is 12.4. The van der Waals surface area contributed by atoms with Gasteiger partial charge in [-0.2, -0.15) is 13.2 Å². The van der Waals surface area contributed by atoms with E-state index in [1.165, 1.54) is 12.1 Å². The quantitative estimate of drug-likeness (QED) is 0.802. The SMILES string of the molecule is FC(F)(F)c1ccc(Nc2ccccc2Br)cc1. The molecule has 0 saturated carbocycles. The van der Waals surface area contributed by atoms with Gasteiger partial charge in [-0.1, -0.05) is 12.1 Å². The first-order chi connectivity index (χ1) is 8.47. The summed E-state index contributed by atoms with van der Waals surface area (Å²) in [5.41, 5.74) is 0.757. The van der Waals surface area contributed by atoms with Crippen molar-refractivity contribution in [2.24, 2.45) is 0 Å². The van der Waals surface area contributed by atoms with Crippen LogP contribution in [-0.2, 0) is 6.18 Å². The molecule has 0 aliphatic rings. The van der Waals surface area contributed by atoms with Gasteiger partial charge in [-0.3, -0.25) is 0 Å². The third-order valence-corrected chi connectivity index (χ3v) is 3.06. The fraction of sp³-hybridized carbons (Fsp3) is 0.0769. The van der Waals surface area contributed by atoms with Gasteiger partial charge in [-0.15, -0.1) is 0 Å². The lowest BCUT2D eigenvalue weighted by molar-refractivity contribution is -0.137. The number of para-hydroxylation sites is 1. The second kappa shape index (κ2) is 5.02. The second-order valence-corrected chi connectivity index (χ2v) is 4.53. The molecule has 0 aromatic heterocycles. The Morgan fingerprint density at radius 1 is 0.889 bits per heavy atom. The molecule has 94 valence electrons. The van der Waals surface area contributed by atoms with Crippen molar-refractivity contribution in [3.05, 3.63) is 58.6 Å². The summed E-state index contributed by atoms with van der Waals surface area (Å²) in [6.45, 7) is 0. The molecule has 2 aromatic carbocycles. The van der Waals surface area contributed by atoms with Gasteiger partial charge in [0.15, 0.2) is 0 Å². The number of rotatable bonds is 2. The van der Waals surface area contributed by atoms with Gasteiger partial charge in [0.1, 0.15) is 0 Å². The van der Waals surface area contributed by atoms with Crippen molar-refractivity contribution in [2.75, 3.05) is 5.32 Å². The first-order valence-electron chi connectivity index (χ1n) is 5.15. The zero-order chi connectivity index (χ0) is 13.2.